The molecule has 1 saturated heterocycles. The predicted molar refractivity (Wildman–Crippen MR) is 80.1 cm³/mol. The van der Waals surface area contributed by atoms with Crippen molar-refractivity contribution in [1.29, 1.82) is 0 Å². The minimum atomic E-state index is -3.14. The quantitative estimate of drug-likeness (QED) is 0.897. The van der Waals surface area contributed by atoms with Gasteiger partial charge in [-0.3, -0.25) is 9.88 Å². The van der Waals surface area contributed by atoms with Gasteiger partial charge in [0.2, 0.25) is 10.0 Å². The number of pyridine rings is 1. The van der Waals surface area contributed by atoms with Gasteiger partial charge in [-0.1, -0.05) is 18.0 Å². The van der Waals surface area contributed by atoms with E-state index in [0.717, 1.165) is 37.9 Å². The number of nitrogens with zero attached hydrogens (tertiary/aromatic N) is 2. The zero-order valence-corrected chi connectivity index (χ0v) is 13.1. The van der Waals surface area contributed by atoms with Crippen LogP contribution in [0.3, 0.4) is 0 Å². The SMILES string of the molecule is CS(=O)(=O)NCC1CCCCN1Cc1ccncc1Cl. The number of sulfonamides is 1. The summed E-state index contributed by atoms with van der Waals surface area (Å²) in [5, 5.41) is 0.660. The average Bonchev–Trinajstić information content (AvgIpc) is 2.39. The highest BCUT2D eigenvalue weighted by molar-refractivity contribution is 7.88. The number of rotatable bonds is 5. The molecule has 112 valence electrons. The van der Waals surface area contributed by atoms with E-state index < -0.39 is 10.0 Å². The molecule has 1 aromatic rings. The van der Waals surface area contributed by atoms with Crippen LogP contribution in [0.15, 0.2) is 18.5 Å². The van der Waals surface area contributed by atoms with Crippen molar-refractivity contribution in [3.05, 3.63) is 29.0 Å². The Morgan fingerprint density at radius 1 is 1.50 bits per heavy atom. The Kier molecular flexibility index (Phi) is 5.37. The van der Waals surface area contributed by atoms with Crippen LogP contribution in [-0.4, -0.2) is 43.7 Å². The average molecular weight is 318 g/mol. The topological polar surface area (TPSA) is 62.3 Å². The van der Waals surface area contributed by atoms with Gasteiger partial charge in [0.1, 0.15) is 0 Å². The molecule has 2 rings (SSSR count). The summed E-state index contributed by atoms with van der Waals surface area (Å²) >= 11 is 6.14. The number of aromatic nitrogens is 1. The summed E-state index contributed by atoms with van der Waals surface area (Å²) < 4.78 is 25.1. The molecule has 1 atom stereocenters. The summed E-state index contributed by atoms with van der Waals surface area (Å²) in [5.41, 5.74) is 1.04. The highest BCUT2D eigenvalue weighted by Gasteiger charge is 2.23. The molecule has 1 fully saturated rings. The van der Waals surface area contributed by atoms with Crippen molar-refractivity contribution >= 4 is 21.6 Å². The molecule has 20 heavy (non-hydrogen) atoms. The molecule has 1 aliphatic rings. The summed E-state index contributed by atoms with van der Waals surface area (Å²) in [6, 6.07) is 2.14. The van der Waals surface area contributed by atoms with E-state index in [0.29, 0.717) is 11.6 Å². The first-order chi connectivity index (χ1) is 9.46. The lowest BCUT2D eigenvalue weighted by Gasteiger charge is -2.35. The molecule has 0 aliphatic carbocycles. The number of likely N-dealkylation sites (tertiary alicyclic amines) is 1. The first-order valence-corrected chi connectivity index (χ1v) is 9.00. The van der Waals surface area contributed by atoms with Gasteiger partial charge >= 0.3 is 0 Å². The number of nitrogens with one attached hydrogen (secondary N) is 1. The molecule has 5 nitrogen and oxygen atoms in total. The Balaban J connectivity index is 2.02. The number of hydrogen-bond acceptors (Lipinski definition) is 4. The lowest BCUT2D eigenvalue weighted by molar-refractivity contribution is 0.142. The molecular formula is C13H20ClN3O2S. The summed E-state index contributed by atoms with van der Waals surface area (Å²) in [5.74, 6) is 0. The molecule has 0 amide bonds. The van der Waals surface area contributed by atoms with Gasteiger partial charge in [0, 0.05) is 31.5 Å². The number of hydrogen-bond donors (Lipinski definition) is 1. The molecule has 1 N–H and O–H groups in total. The zero-order valence-electron chi connectivity index (χ0n) is 11.5. The second-order valence-corrected chi connectivity index (χ2v) is 7.45. The third-order valence-electron chi connectivity index (χ3n) is 3.56. The second kappa shape index (κ2) is 6.85. The van der Waals surface area contributed by atoms with Crippen molar-refractivity contribution in [2.75, 3.05) is 19.3 Å². The number of piperidine rings is 1. The van der Waals surface area contributed by atoms with Crippen LogP contribution in [0.4, 0.5) is 0 Å². The fourth-order valence-electron chi connectivity index (χ4n) is 2.50. The predicted octanol–water partition coefficient (Wildman–Crippen LogP) is 1.64. The Morgan fingerprint density at radius 3 is 3.00 bits per heavy atom. The Labute approximate surface area is 125 Å². The van der Waals surface area contributed by atoms with Crippen molar-refractivity contribution in [2.24, 2.45) is 0 Å². The summed E-state index contributed by atoms with van der Waals surface area (Å²) in [7, 11) is -3.14. The van der Waals surface area contributed by atoms with Crippen LogP contribution in [0.2, 0.25) is 5.02 Å². The second-order valence-electron chi connectivity index (χ2n) is 5.21. The highest BCUT2D eigenvalue weighted by Crippen LogP contribution is 2.22. The Morgan fingerprint density at radius 2 is 2.30 bits per heavy atom. The summed E-state index contributed by atoms with van der Waals surface area (Å²) in [6.45, 7) is 2.16. The minimum absolute atomic E-state index is 0.225. The Hall–Kier alpha value is -0.690. The molecule has 0 aromatic carbocycles. The fourth-order valence-corrected chi connectivity index (χ4v) is 3.17. The van der Waals surface area contributed by atoms with E-state index >= 15 is 0 Å². The van der Waals surface area contributed by atoms with Crippen LogP contribution >= 0.6 is 11.6 Å². The molecule has 1 aromatic heterocycles. The third kappa shape index (κ3) is 4.70. The molecule has 0 radical (unpaired) electrons. The minimum Gasteiger partial charge on any atom is -0.295 e. The van der Waals surface area contributed by atoms with Crippen molar-refractivity contribution in [3.63, 3.8) is 0 Å². The molecular weight excluding hydrogens is 298 g/mol. The van der Waals surface area contributed by atoms with Gasteiger partial charge in [-0.05, 0) is 31.0 Å². The van der Waals surface area contributed by atoms with E-state index in [-0.39, 0.29) is 6.04 Å². The van der Waals surface area contributed by atoms with Crippen molar-refractivity contribution < 1.29 is 8.42 Å². The lowest BCUT2D eigenvalue weighted by atomic mass is 10.0. The standard InChI is InChI=1S/C13H20ClN3O2S/c1-20(18,19)16-8-12-4-2-3-7-17(12)10-11-5-6-15-9-13(11)14/h5-6,9,12,16H,2-4,7-8,10H2,1H3. The maximum atomic E-state index is 11.2. The monoisotopic (exact) mass is 317 g/mol. The van der Waals surface area contributed by atoms with Gasteiger partial charge in [-0.15, -0.1) is 0 Å². The Bertz CT molecular complexity index is 550. The van der Waals surface area contributed by atoms with Crippen LogP contribution in [0.1, 0.15) is 24.8 Å². The van der Waals surface area contributed by atoms with E-state index in [9.17, 15) is 8.42 Å². The normalized spacial score (nSPS) is 21.0. The van der Waals surface area contributed by atoms with Gasteiger partial charge in [-0.25, -0.2) is 13.1 Å². The van der Waals surface area contributed by atoms with Crippen molar-refractivity contribution in [1.82, 2.24) is 14.6 Å². The van der Waals surface area contributed by atoms with Crippen LogP contribution in [-0.2, 0) is 16.6 Å². The van der Waals surface area contributed by atoms with Gasteiger partial charge in [0.15, 0.2) is 0 Å². The van der Waals surface area contributed by atoms with Crippen molar-refractivity contribution in [2.45, 2.75) is 31.8 Å². The molecule has 0 saturated carbocycles. The smallest absolute Gasteiger partial charge is 0.208 e. The van der Waals surface area contributed by atoms with Gasteiger partial charge in [-0.2, -0.15) is 0 Å². The van der Waals surface area contributed by atoms with Gasteiger partial charge in [0.05, 0.1) is 11.3 Å². The highest BCUT2D eigenvalue weighted by atomic mass is 35.5. The summed E-state index contributed by atoms with van der Waals surface area (Å²) in [4.78, 5) is 6.28. The van der Waals surface area contributed by atoms with E-state index in [1.54, 1.807) is 12.4 Å². The first-order valence-electron chi connectivity index (χ1n) is 6.73. The largest absolute Gasteiger partial charge is 0.295 e. The van der Waals surface area contributed by atoms with Gasteiger partial charge < -0.3 is 0 Å². The van der Waals surface area contributed by atoms with Crippen molar-refractivity contribution in [3.8, 4) is 0 Å². The van der Waals surface area contributed by atoms with Crippen LogP contribution in [0.25, 0.3) is 0 Å². The van der Waals surface area contributed by atoms with E-state index in [1.165, 1.54) is 6.26 Å². The molecule has 0 spiro atoms. The maximum Gasteiger partial charge on any atom is 0.208 e. The van der Waals surface area contributed by atoms with Crippen LogP contribution < -0.4 is 4.72 Å². The first kappa shape index (κ1) is 15.7. The molecule has 1 unspecified atom stereocenters. The molecule has 2 heterocycles. The fraction of sp³-hybridized carbons (Fsp3) is 0.615. The van der Waals surface area contributed by atoms with Crippen LogP contribution in [0.5, 0.6) is 0 Å². The summed E-state index contributed by atoms with van der Waals surface area (Å²) in [6.07, 6.45) is 7.85. The number of halogens is 1. The van der Waals surface area contributed by atoms with E-state index in [2.05, 4.69) is 14.6 Å². The zero-order chi connectivity index (χ0) is 14.6. The molecule has 0 bridgehead atoms. The van der Waals surface area contributed by atoms with Crippen LogP contribution in [0, 0.1) is 0 Å². The lowest BCUT2D eigenvalue weighted by Crippen LogP contribution is -2.46. The maximum absolute atomic E-state index is 11.2. The van der Waals surface area contributed by atoms with E-state index in [4.69, 9.17) is 11.6 Å². The van der Waals surface area contributed by atoms with E-state index in [1.807, 2.05) is 6.07 Å². The molecule has 7 heteroatoms. The van der Waals surface area contributed by atoms with Gasteiger partial charge in [0.25, 0.3) is 0 Å². The third-order valence-corrected chi connectivity index (χ3v) is 4.59. The molecule has 1 aliphatic heterocycles.